The van der Waals surface area contributed by atoms with Crippen molar-refractivity contribution in [3.05, 3.63) is 75.0 Å². The summed E-state index contributed by atoms with van der Waals surface area (Å²) in [6.45, 7) is 9.42. The SMILES string of the molecule is CCOC1CCC2(CC1)N=C(c1cc(Cl)cc(Cl)c1)C(=O)N2[C@H](CCC(C)(C)C)c1ccc(C(=O)NCc2nn[nH]n2)cc1. The van der Waals surface area contributed by atoms with Crippen LogP contribution in [0.4, 0.5) is 0 Å². The molecule has 1 spiro atoms. The number of aromatic nitrogens is 4. The van der Waals surface area contributed by atoms with Crippen molar-refractivity contribution in [3.63, 3.8) is 0 Å². The number of H-pyrrole nitrogens is 1. The van der Waals surface area contributed by atoms with Crippen LogP contribution in [0.25, 0.3) is 0 Å². The lowest BCUT2D eigenvalue weighted by Gasteiger charge is -2.45. The highest BCUT2D eigenvalue weighted by Crippen LogP contribution is 2.47. The first kappa shape index (κ1) is 32.1. The van der Waals surface area contributed by atoms with Crippen molar-refractivity contribution < 1.29 is 14.3 Å². The van der Waals surface area contributed by atoms with Gasteiger partial charge in [0.2, 0.25) is 0 Å². The molecule has 0 radical (unpaired) electrons. The number of halogens is 2. The molecule has 1 aromatic heterocycles. The fraction of sp³-hybridized carbons (Fsp3) is 0.500. The molecule has 1 aliphatic carbocycles. The Labute approximate surface area is 267 Å². The zero-order valence-corrected chi connectivity index (χ0v) is 27.1. The molecule has 12 heteroatoms. The molecule has 0 saturated heterocycles. The van der Waals surface area contributed by atoms with Gasteiger partial charge in [-0.1, -0.05) is 61.3 Å². The Kier molecular flexibility index (Phi) is 9.72. The summed E-state index contributed by atoms with van der Waals surface area (Å²) in [5.41, 5.74) is 1.76. The van der Waals surface area contributed by atoms with Crippen molar-refractivity contribution in [2.75, 3.05) is 6.61 Å². The van der Waals surface area contributed by atoms with Crippen LogP contribution in [-0.4, -0.2) is 61.4 Å². The van der Waals surface area contributed by atoms with Gasteiger partial charge < -0.3 is 15.0 Å². The van der Waals surface area contributed by atoms with E-state index < -0.39 is 5.66 Å². The van der Waals surface area contributed by atoms with E-state index in [1.807, 2.05) is 24.0 Å². The highest BCUT2D eigenvalue weighted by molar-refractivity contribution is 6.47. The minimum atomic E-state index is -0.724. The van der Waals surface area contributed by atoms with Gasteiger partial charge in [0.25, 0.3) is 11.8 Å². The number of amides is 2. The van der Waals surface area contributed by atoms with Gasteiger partial charge in [-0.15, -0.1) is 10.2 Å². The van der Waals surface area contributed by atoms with Gasteiger partial charge in [-0.25, -0.2) is 0 Å². The number of hydrogen-bond donors (Lipinski definition) is 2. The first-order valence-corrected chi connectivity index (χ1v) is 15.9. The van der Waals surface area contributed by atoms with Crippen LogP contribution in [-0.2, 0) is 16.1 Å². The van der Waals surface area contributed by atoms with E-state index in [0.29, 0.717) is 52.2 Å². The van der Waals surface area contributed by atoms with Gasteiger partial charge in [0.05, 0.1) is 18.7 Å². The van der Waals surface area contributed by atoms with Gasteiger partial charge in [-0.05, 0) is 86.8 Å². The number of carbonyl (C=O) groups is 2. The second-order valence-electron chi connectivity index (χ2n) is 12.7. The Hall–Kier alpha value is -3.34. The van der Waals surface area contributed by atoms with Crippen LogP contribution in [0.2, 0.25) is 10.0 Å². The van der Waals surface area contributed by atoms with E-state index in [1.54, 1.807) is 30.3 Å². The number of nitrogens with one attached hydrogen (secondary N) is 2. The number of benzene rings is 2. The molecule has 234 valence electrons. The van der Waals surface area contributed by atoms with Crippen LogP contribution in [0.5, 0.6) is 0 Å². The average molecular weight is 641 g/mol. The predicted molar refractivity (Wildman–Crippen MR) is 170 cm³/mol. The van der Waals surface area contributed by atoms with E-state index in [1.165, 1.54) is 0 Å². The van der Waals surface area contributed by atoms with Crippen LogP contribution in [0, 0.1) is 5.41 Å². The molecular formula is C32H39Cl2N7O3. The molecule has 2 amide bonds. The smallest absolute Gasteiger partial charge is 0.275 e. The minimum Gasteiger partial charge on any atom is -0.379 e. The maximum absolute atomic E-state index is 14.5. The molecule has 10 nitrogen and oxygen atoms in total. The first-order valence-electron chi connectivity index (χ1n) is 15.1. The number of rotatable bonds is 10. The summed E-state index contributed by atoms with van der Waals surface area (Å²) in [5.74, 6) is 0.00366. The maximum atomic E-state index is 14.5. The molecule has 2 aliphatic rings. The summed E-state index contributed by atoms with van der Waals surface area (Å²) in [6.07, 6.45) is 4.72. The predicted octanol–water partition coefficient (Wildman–Crippen LogP) is 6.31. The molecule has 2 aromatic carbocycles. The summed E-state index contributed by atoms with van der Waals surface area (Å²) in [6, 6.07) is 12.4. The summed E-state index contributed by atoms with van der Waals surface area (Å²) in [7, 11) is 0. The van der Waals surface area contributed by atoms with Crippen molar-refractivity contribution in [1.82, 2.24) is 30.8 Å². The fourth-order valence-electron chi connectivity index (χ4n) is 6.12. The molecule has 1 aliphatic heterocycles. The zero-order chi connectivity index (χ0) is 31.5. The highest BCUT2D eigenvalue weighted by atomic mass is 35.5. The molecular weight excluding hydrogens is 601 g/mol. The van der Waals surface area contributed by atoms with Crippen molar-refractivity contribution >= 4 is 40.7 Å². The minimum absolute atomic E-state index is 0.0416. The molecule has 2 heterocycles. The second kappa shape index (κ2) is 13.3. The third-order valence-corrected chi connectivity index (χ3v) is 8.73. The highest BCUT2D eigenvalue weighted by Gasteiger charge is 2.52. The van der Waals surface area contributed by atoms with E-state index in [2.05, 4.69) is 46.7 Å². The Bertz CT molecular complexity index is 1470. The molecule has 2 N–H and O–H groups in total. The van der Waals surface area contributed by atoms with Crippen molar-refractivity contribution in [3.8, 4) is 0 Å². The van der Waals surface area contributed by atoms with Gasteiger partial charge in [-0.3, -0.25) is 14.6 Å². The number of carbonyl (C=O) groups excluding carboxylic acids is 2. The Balaban J connectivity index is 1.49. The number of nitrogens with zero attached hydrogens (tertiary/aromatic N) is 5. The number of aliphatic imine (C=N–C) groups is 1. The van der Waals surface area contributed by atoms with E-state index in [4.69, 9.17) is 32.9 Å². The molecule has 0 unspecified atom stereocenters. The Morgan fingerprint density at radius 2 is 1.82 bits per heavy atom. The number of aromatic amines is 1. The van der Waals surface area contributed by atoms with Crippen LogP contribution >= 0.6 is 23.2 Å². The van der Waals surface area contributed by atoms with Crippen molar-refractivity contribution in [2.24, 2.45) is 10.4 Å². The normalized spacial score (nSPS) is 21.0. The standard InChI is InChI=1S/C32H39Cl2N7O3/c1-5-44-25-10-14-32(15-11-25)36-28(22-16-23(33)18-24(34)17-22)30(43)41(32)26(12-13-31(2,3)4)20-6-8-21(9-7-20)29(42)35-19-27-37-39-40-38-27/h6-9,16-18,25-26H,5,10-15,19H2,1-4H3,(H,35,42)(H,37,38,39,40)/t25?,26-,32?/m1/s1. The van der Waals surface area contributed by atoms with Crippen LogP contribution < -0.4 is 5.32 Å². The van der Waals surface area contributed by atoms with Gasteiger partial charge in [0.15, 0.2) is 5.82 Å². The van der Waals surface area contributed by atoms with E-state index in [-0.39, 0.29) is 35.9 Å². The van der Waals surface area contributed by atoms with E-state index >= 15 is 0 Å². The van der Waals surface area contributed by atoms with Gasteiger partial charge in [0.1, 0.15) is 11.4 Å². The molecule has 3 aromatic rings. The van der Waals surface area contributed by atoms with Crippen LogP contribution in [0.3, 0.4) is 0 Å². The molecule has 0 bridgehead atoms. The molecule has 5 rings (SSSR count). The lowest BCUT2D eigenvalue weighted by Crippen LogP contribution is -2.51. The fourth-order valence-corrected chi connectivity index (χ4v) is 6.65. The largest absolute Gasteiger partial charge is 0.379 e. The molecule has 1 fully saturated rings. The zero-order valence-electron chi connectivity index (χ0n) is 25.6. The quantitative estimate of drug-likeness (QED) is 0.268. The van der Waals surface area contributed by atoms with E-state index in [9.17, 15) is 9.59 Å². The van der Waals surface area contributed by atoms with Crippen LogP contribution in [0.1, 0.15) is 99.6 Å². The molecule has 1 saturated carbocycles. The second-order valence-corrected chi connectivity index (χ2v) is 13.6. The molecule has 44 heavy (non-hydrogen) atoms. The number of hydrogen-bond acceptors (Lipinski definition) is 7. The summed E-state index contributed by atoms with van der Waals surface area (Å²) in [5, 5.41) is 17.3. The van der Waals surface area contributed by atoms with Gasteiger partial charge in [-0.2, -0.15) is 5.21 Å². The van der Waals surface area contributed by atoms with Gasteiger partial charge in [0, 0.05) is 27.8 Å². The summed E-state index contributed by atoms with van der Waals surface area (Å²) >= 11 is 12.7. The Morgan fingerprint density at radius 1 is 1.14 bits per heavy atom. The third kappa shape index (κ3) is 7.30. The molecule has 1 atom stereocenters. The topological polar surface area (TPSA) is 125 Å². The van der Waals surface area contributed by atoms with E-state index in [0.717, 1.165) is 31.2 Å². The lowest BCUT2D eigenvalue weighted by atomic mass is 9.82. The maximum Gasteiger partial charge on any atom is 0.275 e. The Morgan fingerprint density at radius 3 is 2.41 bits per heavy atom. The number of tetrazole rings is 1. The van der Waals surface area contributed by atoms with Crippen molar-refractivity contribution in [1.29, 1.82) is 0 Å². The summed E-state index contributed by atoms with van der Waals surface area (Å²) < 4.78 is 5.97. The van der Waals surface area contributed by atoms with Crippen LogP contribution in [0.15, 0.2) is 47.5 Å². The average Bonchev–Trinajstić information content (AvgIpc) is 3.59. The lowest BCUT2D eigenvalue weighted by molar-refractivity contribution is -0.134. The van der Waals surface area contributed by atoms with Gasteiger partial charge >= 0.3 is 0 Å². The third-order valence-electron chi connectivity index (χ3n) is 8.29. The summed E-state index contributed by atoms with van der Waals surface area (Å²) in [4.78, 5) is 34.6. The first-order chi connectivity index (χ1) is 21.0. The monoisotopic (exact) mass is 639 g/mol. The van der Waals surface area contributed by atoms with Crippen molar-refractivity contribution in [2.45, 2.75) is 90.6 Å². The number of ether oxygens (including phenoxy) is 1.